The van der Waals surface area contributed by atoms with Crippen molar-refractivity contribution in [1.29, 1.82) is 0 Å². The maximum atomic E-state index is 2.41. The normalized spacial score (nSPS) is 13.2. The summed E-state index contributed by atoms with van der Waals surface area (Å²) in [4.78, 5) is 2.32. The summed E-state index contributed by atoms with van der Waals surface area (Å²) in [5, 5.41) is 2.59. The molecular formula is C37H29N. The molecule has 0 spiro atoms. The van der Waals surface area contributed by atoms with Gasteiger partial charge in [0.1, 0.15) is 0 Å². The zero-order valence-electron chi connectivity index (χ0n) is 21.7. The summed E-state index contributed by atoms with van der Waals surface area (Å²) in [6, 6.07) is 50.4. The molecule has 1 aliphatic rings. The molecule has 0 aromatic heterocycles. The van der Waals surface area contributed by atoms with Crippen LogP contribution in [0.1, 0.15) is 25.0 Å². The smallest absolute Gasteiger partial charge is 0.0462 e. The summed E-state index contributed by atoms with van der Waals surface area (Å²) in [6.45, 7) is 4.72. The second-order valence-corrected chi connectivity index (χ2v) is 10.6. The van der Waals surface area contributed by atoms with Gasteiger partial charge in [0.2, 0.25) is 0 Å². The lowest BCUT2D eigenvalue weighted by molar-refractivity contribution is 0.661. The van der Waals surface area contributed by atoms with Gasteiger partial charge in [0.25, 0.3) is 0 Å². The Bertz CT molecular complexity index is 1720. The van der Waals surface area contributed by atoms with E-state index in [1.54, 1.807) is 0 Å². The summed E-state index contributed by atoms with van der Waals surface area (Å²) < 4.78 is 0. The fourth-order valence-corrected chi connectivity index (χ4v) is 6.19. The summed E-state index contributed by atoms with van der Waals surface area (Å²) >= 11 is 0. The van der Waals surface area contributed by atoms with Gasteiger partial charge in [-0.05, 0) is 86.6 Å². The molecule has 0 bridgehead atoms. The molecule has 1 heteroatoms. The Kier molecular flexibility index (Phi) is 5.19. The average molecular weight is 488 g/mol. The monoisotopic (exact) mass is 487 g/mol. The van der Waals surface area contributed by atoms with E-state index >= 15 is 0 Å². The molecule has 0 saturated carbocycles. The van der Waals surface area contributed by atoms with Gasteiger partial charge in [-0.1, -0.05) is 111 Å². The topological polar surface area (TPSA) is 3.24 Å². The summed E-state index contributed by atoms with van der Waals surface area (Å²) in [5.74, 6) is 0. The molecule has 0 radical (unpaired) electrons. The number of hydrogen-bond acceptors (Lipinski definition) is 1. The fourth-order valence-electron chi connectivity index (χ4n) is 6.19. The maximum absolute atomic E-state index is 2.41. The lowest BCUT2D eigenvalue weighted by atomic mass is 9.80. The molecular weight excluding hydrogens is 458 g/mol. The van der Waals surface area contributed by atoms with Crippen LogP contribution in [0, 0.1) is 0 Å². The third-order valence-corrected chi connectivity index (χ3v) is 8.04. The number of benzene rings is 6. The van der Waals surface area contributed by atoms with E-state index in [4.69, 9.17) is 0 Å². The molecule has 182 valence electrons. The minimum absolute atomic E-state index is 0.0396. The van der Waals surface area contributed by atoms with Crippen molar-refractivity contribution in [2.45, 2.75) is 19.3 Å². The number of para-hydroxylation sites is 2. The van der Waals surface area contributed by atoms with Crippen LogP contribution >= 0.6 is 0 Å². The van der Waals surface area contributed by atoms with Gasteiger partial charge >= 0.3 is 0 Å². The first-order chi connectivity index (χ1) is 18.6. The van der Waals surface area contributed by atoms with Crippen molar-refractivity contribution in [2.75, 3.05) is 4.90 Å². The van der Waals surface area contributed by atoms with E-state index in [0.717, 1.165) is 17.1 Å². The van der Waals surface area contributed by atoms with Gasteiger partial charge in [-0.3, -0.25) is 0 Å². The first-order valence-corrected chi connectivity index (χ1v) is 13.3. The number of rotatable bonds is 4. The highest BCUT2D eigenvalue weighted by Crippen LogP contribution is 2.54. The number of fused-ring (bicyclic) bond motifs is 4. The molecule has 0 unspecified atom stereocenters. The Morgan fingerprint density at radius 3 is 1.71 bits per heavy atom. The molecule has 7 rings (SSSR count). The quantitative estimate of drug-likeness (QED) is 0.239. The van der Waals surface area contributed by atoms with Gasteiger partial charge < -0.3 is 4.90 Å². The summed E-state index contributed by atoms with van der Waals surface area (Å²) in [7, 11) is 0. The van der Waals surface area contributed by atoms with Crippen molar-refractivity contribution in [3.05, 3.63) is 151 Å². The van der Waals surface area contributed by atoms with Crippen LogP contribution in [0.25, 0.3) is 33.0 Å². The minimum atomic E-state index is -0.0396. The average Bonchev–Trinajstić information content (AvgIpc) is 3.20. The van der Waals surface area contributed by atoms with Crippen molar-refractivity contribution in [1.82, 2.24) is 0 Å². The molecule has 0 atom stereocenters. The van der Waals surface area contributed by atoms with Gasteiger partial charge in [-0.2, -0.15) is 0 Å². The molecule has 38 heavy (non-hydrogen) atoms. The predicted molar refractivity (Wildman–Crippen MR) is 162 cm³/mol. The maximum Gasteiger partial charge on any atom is 0.0462 e. The Labute approximate surface area is 224 Å². The lowest BCUT2D eigenvalue weighted by Crippen LogP contribution is -2.14. The van der Waals surface area contributed by atoms with Crippen LogP contribution in [0.2, 0.25) is 0 Å². The SMILES string of the molecule is CC1(C)c2ccccc2-c2c1cc1ccccc1c2-c1ccc(N(c2ccccc2)c2ccccc2)cc1. The molecule has 6 aromatic rings. The standard InChI is InChI=1S/C37H29N/c1-37(2)33-20-12-11-19-32(33)36-34(37)25-27-13-9-10-18-31(27)35(36)26-21-23-30(24-22-26)38(28-14-5-3-6-15-28)29-16-7-4-8-17-29/h3-25H,1-2H3. The van der Waals surface area contributed by atoms with Gasteiger partial charge in [-0.25, -0.2) is 0 Å². The molecule has 0 fully saturated rings. The predicted octanol–water partition coefficient (Wildman–Crippen LogP) is 10.3. The molecule has 6 aromatic carbocycles. The third kappa shape index (κ3) is 3.47. The minimum Gasteiger partial charge on any atom is -0.311 e. The number of hydrogen-bond donors (Lipinski definition) is 0. The Hall–Kier alpha value is -4.62. The van der Waals surface area contributed by atoms with Crippen molar-refractivity contribution in [3.8, 4) is 22.3 Å². The van der Waals surface area contributed by atoms with E-state index in [0.29, 0.717) is 0 Å². The van der Waals surface area contributed by atoms with Gasteiger partial charge in [0.15, 0.2) is 0 Å². The molecule has 0 N–H and O–H groups in total. The van der Waals surface area contributed by atoms with Crippen LogP contribution in [0.4, 0.5) is 17.1 Å². The van der Waals surface area contributed by atoms with Gasteiger partial charge in [0.05, 0.1) is 0 Å². The van der Waals surface area contributed by atoms with Crippen molar-refractivity contribution in [2.24, 2.45) is 0 Å². The van der Waals surface area contributed by atoms with Gasteiger partial charge in [-0.15, -0.1) is 0 Å². The Morgan fingerprint density at radius 1 is 0.474 bits per heavy atom. The highest BCUT2D eigenvalue weighted by molar-refractivity contribution is 6.08. The van der Waals surface area contributed by atoms with Crippen molar-refractivity contribution in [3.63, 3.8) is 0 Å². The van der Waals surface area contributed by atoms with Crippen LogP contribution in [0.5, 0.6) is 0 Å². The lowest BCUT2D eigenvalue weighted by Gasteiger charge is -2.26. The van der Waals surface area contributed by atoms with E-state index in [1.807, 2.05) is 0 Å². The molecule has 0 aliphatic heterocycles. The highest BCUT2D eigenvalue weighted by atomic mass is 15.1. The summed E-state index contributed by atoms with van der Waals surface area (Å²) in [6.07, 6.45) is 0. The highest BCUT2D eigenvalue weighted by Gasteiger charge is 2.37. The molecule has 0 saturated heterocycles. The van der Waals surface area contributed by atoms with Crippen LogP contribution in [-0.4, -0.2) is 0 Å². The van der Waals surface area contributed by atoms with E-state index in [9.17, 15) is 0 Å². The van der Waals surface area contributed by atoms with Crippen LogP contribution in [-0.2, 0) is 5.41 Å². The van der Waals surface area contributed by atoms with Crippen molar-refractivity contribution >= 4 is 27.8 Å². The zero-order chi connectivity index (χ0) is 25.7. The first kappa shape index (κ1) is 22.6. The third-order valence-electron chi connectivity index (χ3n) is 8.04. The van der Waals surface area contributed by atoms with Gasteiger partial charge in [0, 0.05) is 22.5 Å². The molecule has 1 nitrogen and oxygen atoms in total. The number of nitrogens with zero attached hydrogens (tertiary/aromatic N) is 1. The van der Waals surface area contributed by atoms with E-state index in [1.165, 1.54) is 44.2 Å². The largest absolute Gasteiger partial charge is 0.311 e. The Morgan fingerprint density at radius 2 is 1.03 bits per heavy atom. The molecule has 1 aliphatic carbocycles. The van der Waals surface area contributed by atoms with E-state index in [2.05, 4.69) is 158 Å². The molecule has 0 amide bonds. The Balaban J connectivity index is 1.44. The fraction of sp³-hybridized carbons (Fsp3) is 0.0811. The second-order valence-electron chi connectivity index (χ2n) is 10.6. The van der Waals surface area contributed by atoms with Crippen LogP contribution in [0.15, 0.2) is 140 Å². The van der Waals surface area contributed by atoms with Crippen LogP contribution in [0.3, 0.4) is 0 Å². The number of anilines is 3. The zero-order valence-corrected chi connectivity index (χ0v) is 21.7. The summed E-state index contributed by atoms with van der Waals surface area (Å²) in [5.41, 5.74) is 11.5. The van der Waals surface area contributed by atoms with Crippen molar-refractivity contribution < 1.29 is 0 Å². The first-order valence-electron chi connectivity index (χ1n) is 13.3. The molecule has 0 heterocycles. The van der Waals surface area contributed by atoms with E-state index < -0.39 is 0 Å². The van der Waals surface area contributed by atoms with E-state index in [-0.39, 0.29) is 5.41 Å². The second kappa shape index (κ2) is 8.75. The van der Waals surface area contributed by atoms with Crippen LogP contribution < -0.4 is 4.90 Å².